The van der Waals surface area contributed by atoms with Crippen molar-refractivity contribution in [2.24, 2.45) is 22.7 Å². The summed E-state index contributed by atoms with van der Waals surface area (Å²) in [6, 6.07) is 14.8. The number of nitrogens with zero attached hydrogens (tertiary/aromatic N) is 4. The molecule has 8 atom stereocenters. The number of rotatable bonds is 11. The van der Waals surface area contributed by atoms with Crippen LogP contribution >= 0.6 is 0 Å². The van der Waals surface area contributed by atoms with E-state index in [1.807, 2.05) is 49.9 Å². The smallest absolute Gasteiger partial charge is 0.407 e. The van der Waals surface area contributed by atoms with Gasteiger partial charge in [0.2, 0.25) is 11.8 Å². The first-order valence-electron chi connectivity index (χ1n) is 26.6. The van der Waals surface area contributed by atoms with Crippen molar-refractivity contribution in [3.05, 3.63) is 72.6 Å². The van der Waals surface area contributed by atoms with Crippen LogP contribution in [0, 0.1) is 22.7 Å². The highest BCUT2D eigenvalue weighted by Gasteiger charge is 2.53. The number of nitrogens with one attached hydrogen (secondary N) is 4. The number of hydrogen-bond donors (Lipinski definition) is 4. The fourth-order valence-corrected chi connectivity index (χ4v) is 14.0. The summed E-state index contributed by atoms with van der Waals surface area (Å²) in [5.74, 6) is 1.20. The molecule has 6 fully saturated rings. The van der Waals surface area contributed by atoms with Gasteiger partial charge in [-0.05, 0) is 126 Å². The molecule has 10 rings (SSSR count). The minimum Gasteiger partial charge on any atom is -0.453 e. The number of carbonyl (C=O) groups is 4. The van der Waals surface area contributed by atoms with E-state index in [9.17, 15) is 19.2 Å². The van der Waals surface area contributed by atoms with E-state index in [2.05, 4.69) is 69.1 Å². The first-order valence-corrected chi connectivity index (χ1v) is 26.6. The topological polar surface area (TPSA) is 193 Å². The number of H-pyrrole nitrogens is 2. The summed E-state index contributed by atoms with van der Waals surface area (Å²) in [6.07, 6.45) is 15.8. The third kappa shape index (κ3) is 10.3. The second kappa shape index (κ2) is 20.6. The van der Waals surface area contributed by atoms with Gasteiger partial charge < -0.3 is 49.3 Å². The summed E-state index contributed by atoms with van der Waals surface area (Å²) in [5, 5.41) is 5.88. The molecule has 2 saturated carbocycles. The Morgan fingerprint density at radius 1 is 0.569 bits per heavy atom. The van der Waals surface area contributed by atoms with Gasteiger partial charge in [-0.1, -0.05) is 74.2 Å². The van der Waals surface area contributed by atoms with E-state index in [1.54, 1.807) is 0 Å². The third-order valence-electron chi connectivity index (χ3n) is 17.3. The van der Waals surface area contributed by atoms with Gasteiger partial charge in [-0.2, -0.15) is 0 Å². The standard InChI is InChI=1S/C56H74N8O8/c1-33-23-41(24-34(2)71-33)47(61-53(67)69-5)51(65)63-31-55(19-7-8-20-55)27-45(63)49-57-29-43(59-49)39-15-11-37(12-16-39)38-13-17-40(18-14-38)44-30-58-50(60-44)46-28-56(21-9-10-22-56)32-64(46)52(66)48(62-54(68)70-6)42-25-35(3)72-36(4)26-42/h11-18,29-30,33-36,41-42,45-48H,7-10,19-28,31-32H2,1-6H3,(H,57,59)(H,58,60)(H,61,67)(H,62,68)/t33-,34-,35-,36-,45+,46+,47+,48?/m1/s1. The Morgan fingerprint density at radius 2 is 0.903 bits per heavy atom. The van der Waals surface area contributed by atoms with E-state index in [1.165, 1.54) is 14.2 Å². The van der Waals surface area contributed by atoms with E-state index >= 15 is 0 Å². The van der Waals surface area contributed by atoms with Gasteiger partial charge in [0, 0.05) is 36.6 Å². The number of aromatic nitrogens is 4. The molecule has 6 aliphatic rings. The molecule has 2 aromatic heterocycles. The molecule has 4 saturated heterocycles. The Hall–Kier alpha value is -5.74. The fraction of sp³-hybridized carbons (Fsp3) is 0.607. The van der Waals surface area contributed by atoms with Crippen LogP contribution < -0.4 is 10.6 Å². The summed E-state index contributed by atoms with van der Waals surface area (Å²) >= 11 is 0. The second-order valence-electron chi connectivity index (χ2n) is 22.5. The Kier molecular flexibility index (Phi) is 14.3. The zero-order valence-electron chi connectivity index (χ0n) is 42.9. The minimum absolute atomic E-state index is 0.0206. The summed E-state index contributed by atoms with van der Waals surface area (Å²) in [5.41, 5.74) is 5.73. The van der Waals surface area contributed by atoms with E-state index in [4.69, 9.17) is 28.9 Å². The maximum absolute atomic E-state index is 14.8. The Bertz CT molecular complexity index is 2370. The highest BCUT2D eigenvalue weighted by molar-refractivity contribution is 5.87. The SMILES string of the molecule is COC(=O)NC(C(=O)N1CC2(CCCC2)C[C@H]1c1nc(-c2ccc(-c3ccc(-c4c[nH]c([C@@H]5CC6(CCCC6)CN5C(=O)[C@@H](NC(=O)OC)C5C[C@@H](C)O[C@H](C)C5)n4)cc3)cc2)c[nH]1)C1C[C@@H](C)O[C@H](C)C1. The number of amides is 4. The van der Waals surface area contributed by atoms with Crippen LogP contribution in [0.15, 0.2) is 60.9 Å². The van der Waals surface area contributed by atoms with Crippen LogP contribution in [-0.2, 0) is 28.5 Å². The van der Waals surface area contributed by atoms with Crippen molar-refractivity contribution >= 4 is 24.0 Å². The molecule has 2 aliphatic carbocycles. The lowest BCUT2D eigenvalue weighted by molar-refractivity contribution is -0.139. The maximum Gasteiger partial charge on any atom is 0.407 e. The molecule has 0 radical (unpaired) electrons. The highest BCUT2D eigenvalue weighted by Crippen LogP contribution is 2.54. The van der Waals surface area contributed by atoms with Gasteiger partial charge in [-0.15, -0.1) is 0 Å². The molecule has 0 bridgehead atoms. The first-order chi connectivity index (χ1) is 34.7. The summed E-state index contributed by atoms with van der Waals surface area (Å²) < 4.78 is 22.1. The quantitative estimate of drug-likeness (QED) is 0.112. The van der Waals surface area contributed by atoms with Crippen molar-refractivity contribution in [2.45, 2.75) is 166 Å². The predicted molar refractivity (Wildman–Crippen MR) is 271 cm³/mol. The van der Waals surface area contributed by atoms with E-state index in [-0.39, 0.29) is 71.0 Å². The monoisotopic (exact) mass is 987 g/mol. The highest BCUT2D eigenvalue weighted by atomic mass is 16.5. The zero-order chi connectivity index (χ0) is 50.3. The summed E-state index contributed by atoms with van der Waals surface area (Å²) in [7, 11) is 2.67. The van der Waals surface area contributed by atoms with Crippen LogP contribution in [0.25, 0.3) is 33.6 Å². The average molecular weight is 987 g/mol. The largest absolute Gasteiger partial charge is 0.453 e. The molecule has 2 spiro atoms. The van der Waals surface area contributed by atoms with E-state index in [0.29, 0.717) is 38.8 Å². The average Bonchev–Trinajstić information content (AvgIpc) is 4.25. The van der Waals surface area contributed by atoms with Crippen LogP contribution in [0.2, 0.25) is 0 Å². The molecule has 16 nitrogen and oxygen atoms in total. The minimum atomic E-state index is -0.726. The molecule has 4 aromatic rings. The fourth-order valence-electron chi connectivity index (χ4n) is 14.0. The Balaban J connectivity index is 0.840. The molecule has 72 heavy (non-hydrogen) atoms. The van der Waals surface area contributed by atoms with Gasteiger partial charge in [0.1, 0.15) is 23.7 Å². The summed E-state index contributed by atoms with van der Waals surface area (Å²) in [4.78, 5) is 76.2. The number of benzene rings is 2. The van der Waals surface area contributed by atoms with Crippen molar-refractivity contribution in [3.8, 4) is 33.6 Å². The lowest BCUT2D eigenvalue weighted by atomic mass is 9.84. The zero-order valence-corrected chi connectivity index (χ0v) is 42.9. The third-order valence-corrected chi connectivity index (χ3v) is 17.3. The Morgan fingerprint density at radius 3 is 1.24 bits per heavy atom. The van der Waals surface area contributed by atoms with Crippen molar-refractivity contribution in [3.63, 3.8) is 0 Å². The van der Waals surface area contributed by atoms with Crippen LogP contribution in [0.4, 0.5) is 9.59 Å². The number of carbonyl (C=O) groups excluding carboxylic acids is 4. The molecule has 4 N–H and O–H groups in total. The predicted octanol–water partition coefficient (Wildman–Crippen LogP) is 9.66. The number of alkyl carbamates (subject to hydrolysis) is 2. The van der Waals surface area contributed by atoms with Crippen LogP contribution in [0.5, 0.6) is 0 Å². The molecule has 4 aliphatic heterocycles. The lowest BCUT2D eigenvalue weighted by Gasteiger charge is -2.38. The van der Waals surface area contributed by atoms with Crippen LogP contribution in [0.3, 0.4) is 0 Å². The van der Waals surface area contributed by atoms with Crippen LogP contribution in [-0.4, -0.2) is 118 Å². The van der Waals surface area contributed by atoms with E-state index < -0.39 is 24.3 Å². The number of likely N-dealkylation sites (tertiary alicyclic amines) is 2. The van der Waals surface area contributed by atoms with Crippen molar-refractivity contribution in [1.82, 2.24) is 40.4 Å². The first kappa shape index (κ1) is 49.8. The van der Waals surface area contributed by atoms with Crippen LogP contribution in [0.1, 0.15) is 141 Å². The molecule has 6 heterocycles. The van der Waals surface area contributed by atoms with E-state index in [0.717, 1.165) is 109 Å². The van der Waals surface area contributed by atoms with Crippen molar-refractivity contribution in [1.29, 1.82) is 0 Å². The number of aromatic amines is 2. The van der Waals surface area contributed by atoms with Gasteiger partial charge >= 0.3 is 12.2 Å². The van der Waals surface area contributed by atoms with Crippen molar-refractivity contribution in [2.75, 3.05) is 27.3 Å². The lowest BCUT2D eigenvalue weighted by Crippen LogP contribution is -2.54. The molecule has 4 amide bonds. The number of imidazole rings is 2. The van der Waals surface area contributed by atoms with Gasteiger partial charge in [0.15, 0.2) is 0 Å². The molecule has 16 heteroatoms. The van der Waals surface area contributed by atoms with Gasteiger partial charge in [-0.3, -0.25) is 9.59 Å². The number of ether oxygens (including phenoxy) is 4. The Labute approximate surface area is 423 Å². The summed E-state index contributed by atoms with van der Waals surface area (Å²) in [6.45, 7) is 9.40. The van der Waals surface area contributed by atoms with Gasteiger partial charge in [-0.25, -0.2) is 19.6 Å². The number of methoxy groups -OCH3 is 2. The van der Waals surface area contributed by atoms with Crippen molar-refractivity contribution < 1.29 is 38.1 Å². The van der Waals surface area contributed by atoms with Gasteiger partial charge in [0.25, 0.3) is 0 Å². The molecule has 1 unspecified atom stereocenters. The second-order valence-corrected chi connectivity index (χ2v) is 22.5. The maximum atomic E-state index is 14.8. The number of hydrogen-bond acceptors (Lipinski definition) is 10. The van der Waals surface area contributed by atoms with Gasteiger partial charge in [0.05, 0.1) is 62.1 Å². The normalized spacial score (nSPS) is 28.5. The molecular weight excluding hydrogens is 913 g/mol. The molecule has 386 valence electrons. The molecular formula is C56H74N8O8. The molecule has 2 aromatic carbocycles.